The molecule has 0 spiro atoms. The third-order valence-corrected chi connectivity index (χ3v) is 5.29. The molecule has 1 saturated heterocycles. The van der Waals surface area contributed by atoms with E-state index in [1.54, 1.807) is 6.33 Å². The lowest BCUT2D eigenvalue weighted by Gasteiger charge is -2.24. The molecule has 0 N–H and O–H groups in total. The Bertz CT molecular complexity index is 765. The molecule has 0 radical (unpaired) electrons. The number of carbonyl (C=O) groups is 1. The molecule has 1 atom stereocenters. The van der Waals surface area contributed by atoms with Gasteiger partial charge < -0.3 is 14.7 Å². The highest BCUT2D eigenvalue weighted by Gasteiger charge is 2.24. The lowest BCUT2D eigenvalue weighted by Crippen LogP contribution is -2.36. The van der Waals surface area contributed by atoms with Gasteiger partial charge in [0.2, 0.25) is 5.91 Å². The summed E-state index contributed by atoms with van der Waals surface area (Å²) >= 11 is 0. The van der Waals surface area contributed by atoms with Gasteiger partial charge in [0.15, 0.2) is 0 Å². The Morgan fingerprint density at radius 2 is 1.93 bits per heavy atom. The minimum absolute atomic E-state index is 0.251. The van der Waals surface area contributed by atoms with Crippen molar-refractivity contribution < 1.29 is 4.79 Å². The molecular weight excluding hydrogens is 350 g/mol. The Labute approximate surface area is 168 Å². The van der Waals surface area contributed by atoms with Gasteiger partial charge >= 0.3 is 0 Å². The molecule has 28 heavy (non-hydrogen) atoms. The van der Waals surface area contributed by atoms with Crippen molar-refractivity contribution in [1.29, 1.82) is 0 Å². The average Bonchev–Trinajstić information content (AvgIpc) is 2.88. The van der Waals surface area contributed by atoms with E-state index in [4.69, 9.17) is 0 Å². The molecule has 1 aromatic heterocycles. The predicted molar refractivity (Wildman–Crippen MR) is 112 cm³/mol. The van der Waals surface area contributed by atoms with Crippen molar-refractivity contribution in [3.63, 3.8) is 0 Å². The van der Waals surface area contributed by atoms with E-state index in [1.165, 1.54) is 5.56 Å². The highest BCUT2D eigenvalue weighted by molar-refractivity contribution is 5.76. The van der Waals surface area contributed by atoms with Crippen molar-refractivity contribution in [3.8, 4) is 0 Å². The van der Waals surface area contributed by atoms with E-state index in [0.717, 1.165) is 50.5 Å². The van der Waals surface area contributed by atoms with Crippen LogP contribution in [0.1, 0.15) is 17.7 Å². The topological polar surface area (TPSA) is 52.6 Å². The highest BCUT2D eigenvalue weighted by Crippen LogP contribution is 2.17. The smallest absolute Gasteiger partial charge is 0.222 e. The summed E-state index contributed by atoms with van der Waals surface area (Å²) in [6, 6.07) is 12.3. The first-order chi connectivity index (χ1) is 13.5. The van der Waals surface area contributed by atoms with Crippen LogP contribution in [0.2, 0.25) is 0 Å². The molecule has 150 valence electrons. The van der Waals surface area contributed by atoms with Crippen molar-refractivity contribution in [2.45, 2.75) is 19.3 Å². The first-order valence-corrected chi connectivity index (χ1v) is 9.99. The zero-order valence-corrected chi connectivity index (χ0v) is 17.2. The summed E-state index contributed by atoms with van der Waals surface area (Å²) in [5.41, 5.74) is 2.26. The fraction of sp³-hybridized carbons (Fsp3) is 0.500. The largest absolute Gasteiger partial charge is 0.363 e. The third-order valence-electron chi connectivity index (χ3n) is 5.29. The van der Waals surface area contributed by atoms with Crippen LogP contribution in [0.15, 0.2) is 42.7 Å². The molecule has 0 aliphatic carbocycles. The van der Waals surface area contributed by atoms with Crippen LogP contribution < -0.4 is 4.90 Å². The molecule has 6 nitrogen and oxygen atoms in total. The molecule has 2 heterocycles. The van der Waals surface area contributed by atoms with E-state index in [9.17, 15) is 4.79 Å². The summed E-state index contributed by atoms with van der Waals surface area (Å²) < 4.78 is 0. The van der Waals surface area contributed by atoms with Gasteiger partial charge in [-0.2, -0.15) is 0 Å². The normalized spacial score (nSPS) is 18.0. The molecule has 1 aliphatic rings. The van der Waals surface area contributed by atoms with Gasteiger partial charge in [-0.15, -0.1) is 0 Å². The fourth-order valence-electron chi connectivity index (χ4n) is 3.73. The fourth-order valence-corrected chi connectivity index (χ4v) is 3.73. The van der Waals surface area contributed by atoms with Gasteiger partial charge in [0.1, 0.15) is 12.1 Å². The molecule has 2 aromatic rings. The zero-order valence-electron chi connectivity index (χ0n) is 17.2. The Kier molecular flexibility index (Phi) is 6.98. The number of hydrogen-bond acceptors (Lipinski definition) is 5. The van der Waals surface area contributed by atoms with Gasteiger partial charge in [-0.25, -0.2) is 9.97 Å². The third kappa shape index (κ3) is 5.76. The maximum absolute atomic E-state index is 12.8. The number of aryl methyl sites for hydroxylation is 1. The lowest BCUT2D eigenvalue weighted by molar-refractivity contribution is -0.131. The number of nitrogens with zero attached hydrogens (tertiary/aromatic N) is 5. The Morgan fingerprint density at radius 1 is 1.14 bits per heavy atom. The number of carbonyl (C=O) groups excluding carboxylic acids is 1. The predicted octanol–water partition coefficient (Wildman–Crippen LogP) is 2.11. The number of benzene rings is 1. The standard InChI is InChI=1S/C22H31N5O/c1-25(2)21-14-20(23-17-24-21)13-19-15-26(3)11-12-27(16-19)22(28)10-9-18-7-5-4-6-8-18/h4-8,14,17,19H,9-13,15-16H2,1-3H3. The van der Waals surface area contributed by atoms with E-state index >= 15 is 0 Å². The first-order valence-electron chi connectivity index (χ1n) is 9.99. The number of aromatic nitrogens is 2. The Hall–Kier alpha value is -2.47. The summed E-state index contributed by atoms with van der Waals surface area (Å²) in [5.74, 6) is 1.54. The van der Waals surface area contributed by atoms with Crippen LogP contribution in [0.3, 0.4) is 0 Å². The van der Waals surface area contributed by atoms with Crippen molar-refractivity contribution in [2.24, 2.45) is 5.92 Å². The number of likely N-dealkylation sites (N-methyl/N-ethyl adjacent to an activating group) is 1. The molecule has 0 bridgehead atoms. The van der Waals surface area contributed by atoms with Gasteiger partial charge in [-0.1, -0.05) is 30.3 Å². The lowest BCUT2D eigenvalue weighted by atomic mass is 10.0. The van der Waals surface area contributed by atoms with E-state index in [1.807, 2.05) is 48.2 Å². The Balaban J connectivity index is 1.62. The van der Waals surface area contributed by atoms with Gasteiger partial charge in [0.25, 0.3) is 0 Å². The van der Waals surface area contributed by atoms with Gasteiger partial charge in [0, 0.05) is 58.5 Å². The van der Waals surface area contributed by atoms with Gasteiger partial charge in [-0.05, 0) is 31.4 Å². The van der Waals surface area contributed by atoms with Crippen LogP contribution >= 0.6 is 0 Å². The number of amides is 1. The molecule has 1 unspecified atom stereocenters. The SMILES string of the molecule is CN1CCN(C(=O)CCc2ccccc2)CC(Cc2cc(N(C)C)ncn2)C1. The summed E-state index contributed by atoms with van der Waals surface area (Å²) in [4.78, 5) is 28.0. The van der Waals surface area contributed by atoms with Crippen LogP contribution in [-0.4, -0.2) is 73.0 Å². The van der Waals surface area contributed by atoms with Crippen LogP contribution in [-0.2, 0) is 17.6 Å². The Morgan fingerprint density at radius 3 is 2.68 bits per heavy atom. The van der Waals surface area contributed by atoms with E-state index < -0.39 is 0 Å². The summed E-state index contributed by atoms with van der Waals surface area (Å²) in [6.07, 6.45) is 3.86. The van der Waals surface area contributed by atoms with E-state index in [-0.39, 0.29) is 5.91 Å². The minimum Gasteiger partial charge on any atom is -0.363 e. The highest BCUT2D eigenvalue weighted by atomic mass is 16.2. The number of rotatable bonds is 6. The molecule has 1 amide bonds. The maximum atomic E-state index is 12.8. The monoisotopic (exact) mass is 381 g/mol. The molecular formula is C22H31N5O. The molecule has 1 aliphatic heterocycles. The van der Waals surface area contributed by atoms with Crippen LogP contribution in [0.5, 0.6) is 0 Å². The first kappa shape index (κ1) is 20.3. The molecule has 0 saturated carbocycles. The van der Waals surface area contributed by atoms with Crippen molar-refractivity contribution in [1.82, 2.24) is 19.8 Å². The van der Waals surface area contributed by atoms with Crippen LogP contribution in [0.4, 0.5) is 5.82 Å². The van der Waals surface area contributed by atoms with Crippen LogP contribution in [0, 0.1) is 5.92 Å². The second-order valence-electron chi connectivity index (χ2n) is 7.92. The zero-order chi connectivity index (χ0) is 19.9. The van der Waals surface area contributed by atoms with Crippen LogP contribution in [0.25, 0.3) is 0 Å². The molecule has 6 heteroatoms. The molecule has 3 rings (SSSR count). The quantitative estimate of drug-likeness (QED) is 0.767. The van der Waals surface area contributed by atoms with Crippen molar-refractivity contribution in [3.05, 3.63) is 54.0 Å². The minimum atomic E-state index is 0.251. The van der Waals surface area contributed by atoms with E-state index in [2.05, 4.69) is 34.0 Å². The molecule has 1 fully saturated rings. The maximum Gasteiger partial charge on any atom is 0.222 e. The second-order valence-corrected chi connectivity index (χ2v) is 7.92. The average molecular weight is 382 g/mol. The summed E-state index contributed by atoms with van der Waals surface area (Å²) in [7, 11) is 6.10. The van der Waals surface area contributed by atoms with Gasteiger partial charge in [0.05, 0.1) is 0 Å². The number of hydrogen-bond donors (Lipinski definition) is 0. The van der Waals surface area contributed by atoms with Crippen molar-refractivity contribution >= 4 is 11.7 Å². The second kappa shape index (κ2) is 9.64. The molecule has 1 aromatic carbocycles. The number of anilines is 1. The summed E-state index contributed by atoms with van der Waals surface area (Å²) in [6.45, 7) is 3.48. The summed E-state index contributed by atoms with van der Waals surface area (Å²) in [5, 5.41) is 0. The van der Waals surface area contributed by atoms with E-state index in [0.29, 0.717) is 12.3 Å². The van der Waals surface area contributed by atoms with Crippen molar-refractivity contribution in [2.75, 3.05) is 52.2 Å². The van der Waals surface area contributed by atoms with Gasteiger partial charge in [-0.3, -0.25) is 4.79 Å².